The first-order valence-corrected chi connectivity index (χ1v) is 8.34. The normalized spacial score (nSPS) is 22.9. The van der Waals surface area contributed by atoms with Crippen molar-refractivity contribution in [1.82, 2.24) is 5.32 Å². The average molecular weight is 296 g/mol. The lowest BCUT2D eigenvalue weighted by Crippen LogP contribution is -2.52. The molecule has 0 fully saturated rings. The molecule has 0 aromatic heterocycles. The minimum atomic E-state index is -3.31. The van der Waals surface area contributed by atoms with Gasteiger partial charge in [0, 0.05) is 0 Å². The molecule has 2 rings (SSSR count). The van der Waals surface area contributed by atoms with E-state index in [1.165, 1.54) is 0 Å². The molecule has 3 N–H and O–H groups in total. The zero-order valence-electron chi connectivity index (χ0n) is 11.7. The van der Waals surface area contributed by atoms with Crippen LogP contribution in [0, 0.1) is 0 Å². The molecule has 20 heavy (non-hydrogen) atoms. The summed E-state index contributed by atoms with van der Waals surface area (Å²) in [5, 5.41) is 2.77. The summed E-state index contributed by atoms with van der Waals surface area (Å²) in [6, 6.07) is 6.25. The van der Waals surface area contributed by atoms with Crippen molar-refractivity contribution in [3.8, 4) is 0 Å². The number of benzene rings is 1. The van der Waals surface area contributed by atoms with Crippen molar-refractivity contribution in [2.45, 2.75) is 43.2 Å². The van der Waals surface area contributed by atoms with Gasteiger partial charge in [0.1, 0.15) is 0 Å². The molecule has 2 unspecified atom stereocenters. The summed E-state index contributed by atoms with van der Waals surface area (Å²) >= 11 is 0. The number of hydrogen-bond acceptors (Lipinski definition) is 4. The Kier molecular flexibility index (Phi) is 3.88. The molecule has 0 aliphatic carbocycles. The largest absolute Gasteiger partial charge is 0.347 e. The first-order valence-electron chi connectivity index (χ1n) is 6.69. The standard InChI is InChI=1S/C14H20N2O3S/c1-3-8-14(2,15)13(17)16-11-9-20(18,19)12-7-5-4-6-10(11)12/h4-7,11H,3,8-9,15H2,1-2H3,(H,16,17). The Labute approximate surface area is 119 Å². The molecule has 1 aromatic rings. The van der Waals surface area contributed by atoms with E-state index in [-0.39, 0.29) is 11.7 Å². The van der Waals surface area contributed by atoms with Gasteiger partial charge in [-0.1, -0.05) is 31.5 Å². The highest BCUT2D eigenvalue weighted by molar-refractivity contribution is 7.91. The topological polar surface area (TPSA) is 89.3 Å². The minimum Gasteiger partial charge on any atom is -0.347 e. The van der Waals surface area contributed by atoms with Crippen molar-refractivity contribution in [3.63, 3.8) is 0 Å². The van der Waals surface area contributed by atoms with Gasteiger partial charge in [-0.2, -0.15) is 0 Å². The summed E-state index contributed by atoms with van der Waals surface area (Å²) in [4.78, 5) is 12.5. The summed E-state index contributed by atoms with van der Waals surface area (Å²) in [5.74, 6) is -0.406. The third-order valence-corrected chi connectivity index (χ3v) is 5.42. The molecular formula is C14H20N2O3S. The average Bonchev–Trinajstić information content (AvgIpc) is 2.62. The molecule has 0 saturated heterocycles. The summed E-state index contributed by atoms with van der Waals surface area (Å²) in [5.41, 5.74) is 5.65. The molecule has 0 spiro atoms. The third kappa shape index (κ3) is 2.71. The lowest BCUT2D eigenvalue weighted by molar-refractivity contribution is -0.126. The Morgan fingerprint density at radius 1 is 1.45 bits per heavy atom. The van der Waals surface area contributed by atoms with E-state index in [4.69, 9.17) is 5.73 Å². The van der Waals surface area contributed by atoms with Gasteiger partial charge in [-0.05, 0) is 25.0 Å². The first kappa shape index (κ1) is 15.0. The molecule has 110 valence electrons. The summed E-state index contributed by atoms with van der Waals surface area (Å²) in [6.07, 6.45) is 1.35. The van der Waals surface area contributed by atoms with Gasteiger partial charge < -0.3 is 11.1 Å². The number of carbonyl (C=O) groups is 1. The van der Waals surface area contributed by atoms with Crippen LogP contribution in [0.25, 0.3) is 0 Å². The van der Waals surface area contributed by atoms with Crippen LogP contribution in [-0.4, -0.2) is 25.6 Å². The maximum absolute atomic E-state index is 12.2. The number of nitrogens with two attached hydrogens (primary N) is 1. The molecule has 1 amide bonds. The predicted octanol–water partition coefficient (Wildman–Crippen LogP) is 1.15. The van der Waals surface area contributed by atoms with Crippen LogP contribution in [0.2, 0.25) is 0 Å². The Morgan fingerprint density at radius 3 is 2.75 bits per heavy atom. The quantitative estimate of drug-likeness (QED) is 0.872. The van der Waals surface area contributed by atoms with Crippen LogP contribution in [0.5, 0.6) is 0 Å². The SMILES string of the molecule is CCCC(C)(N)C(=O)NC1CS(=O)(=O)c2ccccc21. The number of fused-ring (bicyclic) bond motifs is 1. The van der Waals surface area contributed by atoms with Crippen LogP contribution in [0.4, 0.5) is 0 Å². The maximum atomic E-state index is 12.2. The second-order valence-electron chi connectivity index (χ2n) is 5.51. The van der Waals surface area contributed by atoms with E-state index in [1.54, 1.807) is 31.2 Å². The zero-order chi connectivity index (χ0) is 15.0. The van der Waals surface area contributed by atoms with Crippen LogP contribution in [0.15, 0.2) is 29.2 Å². The highest BCUT2D eigenvalue weighted by Gasteiger charge is 2.37. The number of amides is 1. The highest BCUT2D eigenvalue weighted by Crippen LogP contribution is 2.33. The first-order chi connectivity index (χ1) is 9.28. The van der Waals surface area contributed by atoms with E-state index in [2.05, 4.69) is 5.32 Å². The minimum absolute atomic E-state index is 0.0969. The van der Waals surface area contributed by atoms with Gasteiger partial charge in [0.2, 0.25) is 5.91 Å². The van der Waals surface area contributed by atoms with Crippen LogP contribution >= 0.6 is 0 Å². The van der Waals surface area contributed by atoms with E-state index in [9.17, 15) is 13.2 Å². The van der Waals surface area contributed by atoms with Crippen molar-refractivity contribution < 1.29 is 13.2 Å². The second kappa shape index (κ2) is 5.18. The van der Waals surface area contributed by atoms with Gasteiger partial charge in [-0.25, -0.2) is 8.42 Å². The van der Waals surface area contributed by atoms with E-state index < -0.39 is 21.4 Å². The highest BCUT2D eigenvalue weighted by atomic mass is 32.2. The van der Waals surface area contributed by atoms with Gasteiger partial charge in [0.05, 0.1) is 22.2 Å². The number of sulfone groups is 1. The zero-order valence-corrected chi connectivity index (χ0v) is 12.5. The van der Waals surface area contributed by atoms with Crippen LogP contribution in [0.3, 0.4) is 0 Å². The van der Waals surface area contributed by atoms with Crippen molar-refractivity contribution >= 4 is 15.7 Å². The van der Waals surface area contributed by atoms with Crippen LogP contribution in [-0.2, 0) is 14.6 Å². The Balaban J connectivity index is 2.23. The van der Waals surface area contributed by atoms with Crippen molar-refractivity contribution in [2.24, 2.45) is 5.73 Å². The molecule has 1 aliphatic heterocycles. The molecule has 0 radical (unpaired) electrons. The molecular weight excluding hydrogens is 276 g/mol. The molecule has 6 heteroatoms. The van der Waals surface area contributed by atoms with Crippen molar-refractivity contribution in [2.75, 3.05) is 5.75 Å². The molecule has 1 aromatic carbocycles. The van der Waals surface area contributed by atoms with Crippen LogP contribution in [0.1, 0.15) is 38.3 Å². The van der Waals surface area contributed by atoms with Crippen molar-refractivity contribution in [1.29, 1.82) is 0 Å². The Bertz CT molecular complexity index is 623. The maximum Gasteiger partial charge on any atom is 0.240 e. The fraction of sp³-hybridized carbons (Fsp3) is 0.500. The molecule has 1 heterocycles. The van der Waals surface area contributed by atoms with E-state index in [1.807, 2.05) is 6.92 Å². The van der Waals surface area contributed by atoms with E-state index in [0.717, 1.165) is 6.42 Å². The summed E-state index contributed by atoms with van der Waals surface area (Å²) in [6.45, 7) is 3.62. The van der Waals surface area contributed by atoms with Crippen LogP contribution < -0.4 is 11.1 Å². The second-order valence-corrected chi connectivity index (χ2v) is 7.52. The third-order valence-electron chi connectivity index (χ3n) is 3.61. The van der Waals surface area contributed by atoms with E-state index in [0.29, 0.717) is 16.9 Å². The Morgan fingerprint density at radius 2 is 2.10 bits per heavy atom. The van der Waals surface area contributed by atoms with Gasteiger partial charge in [0.15, 0.2) is 9.84 Å². The molecule has 5 nitrogen and oxygen atoms in total. The van der Waals surface area contributed by atoms with Crippen molar-refractivity contribution in [3.05, 3.63) is 29.8 Å². The number of hydrogen-bond donors (Lipinski definition) is 2. The number of rotatable bonds is 4. The van der Waals surface area contributed by atoms with E-state index >= 15 is 0 Å². The monoisotopic (exact) mass is 296 g/mol. The lowest BCUT2D eigenvalue weighted by Gasteiger charge is -2.25. The van der Waals surface area contributed by atoms with Gasteiger partial charge in [-0.3, -0.25) is 4.79 Å². The lowest BCUT2D eigenvalue weighted by atomic mass is 9.95. The summed E-state index contributed by atoms with van der Waals surface area (Å²) < 4.78 is 24.1. The number of carbonyl (C=O) groups excluding carboxylic acids is 1. The molecule has 0 bridgehead atoms. The molecule has 2 atom stereocenters. The van der Waals surface area contributed by atoms with Gasteiger partial charge in [-0.15, -0.1) is 0 Å². The fourth-order valence-electron chi connectivity index (χ4n) is 2.53. The smallest absolute Gasteiger partial charge is 0.240 e. The fourth-order valence-corrected chi connectivity index (χ4v) is 4.26. The summed E-state index contributed by atoms with van der Waals surface area (Å²) in [7, 11) is -3.31. The number of nitrogens with one attached hydrogen (secondary N) is 1. The molecule has 1 aliphatic rings. The Hall–Kier alpha value is -1.40. The van der Waals surface area contributed by atoms with Gasteiger partial charge in [0.25, 0.3) is 0 Å². The molecule has 0 saturated carbocycles. The predicted molar refractivity (Wildman–Crippen MR) is 76.9 cm³/mol. The van der Waals surface area contributed by atoms with Gasteiger partial charge >= 0.3 is 0 Å².